The molecule has 0 aromatic carbocycles. The summed E-state index contributed by atoms with van der Waals surface area (Å²) in [5, 5.41) is 4.44. The number of hydrogen-bond acceptors (Lipinski definition) is 2. The highest BCUT2D eigenvalue weighted by Crippen LogP contribution is 2.31. The summed E-state index contributed by atoms with van der Waals surface area (Å²) in [6, 6.07) is 0. The first kappa shape index (κ1) is 9.86. The number of anilines is 1. The topological polar surface area (TPSA) is 43.8 Å². The molecule has 1 aromatic rings. The van der Waals surface area contributed by atoms with Gasteiger partial charge in [0.05, 0.1) is 5.54 Å². The average molecular weight is 253 g/mol. The van der Waals surface area contributed by atoms with E-state index in [1.807, 2.05) is 20.8 Å². The van der Waals surface area contributed by atoms with Crippen molar-refractivity contribution in [1.29, 1.82) is 0 Å². The van der Waals surface area contributed by atoms with Crippen LogP contribution in [0.25, 0.3) is 0 Å². The first-order valence-electron chi connectivity index (χ1n) is 3.54. The highest BCUT2D eigenvalue weighted by atomic mass is 79.9. The molecule has 1 heterocycles. The number of halogens is 2. The Morgan fingerprint density at radius 2 is 2.00 bits per heavy atom. The van der Waals surface area contributed by atoms with Gasteiger partial charge < -0.3 is 5.73 Å². The van der Waals surface area contributed by atoms with Gasteiger partial charge in [0.1, 0.15) is 10.3 Å². The van der Waals surface area contributed by atoms with Crippen molar-refractivity contribution in [3.8, 4) is 0 Å². The molecule has 5 heteroatoms. The van der Waals surface area contributed by atoms with Gasteiger partial charge in [0, 0.05) is 0 Å². The second-order valence-corrected chi connectivity index (χ2v) is 4.69. The van der Waals surface area contributed by atoms with E-state index in [4.69, 9.17) is 17.3 Å². The van der Waals surface area contributed by atoms with Crippen LogP contribution in [-0.4, -0.2) is 9.78 Å². The maximum Gasteiger partial charge on any atom is 0.175 e. The van der Waals surface area contributed by atoms with Gasteiger partial charge in [-0.05, 0) is 36.7 Å². The van der Waals surface area contributed by atoms with Crippen LogP contribution in [0.5, 0.6) is 0 Å². The predicted molar refractivity (Wildman–Crippen MR) is 54.3 cm³/mol. The molecule has 0 saturated carbocycles. The zero-order valence-electron chi connectivity index (χ0n) is 7.23. The van der Waals surface area contributed by atoms with Gasteiger partial charge in [0.25, 0.3) is 0 Å². The van der Waals surface area contributed by atoms with Crippen LogP contribution in [0.4, 0.5) is 5.69 Å². The van der Waals surface area contributed by atoms with E-state index in [9.17, 15) is 0 Å². The van der Waals surface area contributed by atoms with Crippen molar-refractivity contribution in [1.82, 2.24) is 9.78 Å². The van der Waals surface area contributed by atoms with E-state index >= 15 is 0 Å². The molecule has 12 heavy (non-hydrogen) atoms. The average Bonchev–Trinajstić information content (AvgIpc) is 2.15. The van der Waals surface area contributed by atoms with Gasteiger partial charge in [0.15, 0.2) is 5.15 Å². The fourth-order valence-corrected chi connectivity index (χ4v) is 1.91. The molecule has 0 aliphatic carbocycles. The highest BCUT2D eigenvalue weighted by Gasteiger charge is 2.20. The number of nitrogens with zero attached hydrogens (tertiary/aromatic N) is 2. The van der Waals surface area contributed by atoms with Crippen LogP contribution in [0.1, 0.15) is 20.8 Å². The maximum atomic E-state index is 5.75. The molecule has 68 valence electrons. The monoisotopic (exact) mass is 251 g/mol. The van der Waals surface area contributed by atoms with E-state index in [2.05, 4.69) is 21.0 Å². The van der Waals surface area contributed by atoms with E-state index in [-0.39, 0.29) is 5.54 Å². The van der Waals surface area contributed by atoms with Crippen molar-refractivity contribution in [3.63, 3.8) is 0 Å². The maximum absolute atomic E-state index is 5.75. The Morgan fingerprint density at radius 3 is 2.17 bits per heavy atom. The van der Waals surface area contributed by atoms with Crippen molar-refractivity contribution in [3.05, 3.63) is 9.76 Å². The van der Waals surface area contributed by atoms with Gasteiger partial charge in [-0.2, -0.15) is 5.10 Å². The molecule has 0 atom stereocenters. The van der Waals surface area contributed by atoms with Gasteiger partial charge >= 0.3 is 0 Å². The Kier molecular flexibility index (Phi) is 2.40. The van der Waals surface area contributed by atoms with E-state index in [0.717, 1.165) is 4.60 Å². The predicted octanol–water partition coefficient (Wildman–Crippen LogP) is 2.64. The first-order valence-corrected chi connectivity index (χ1v) is 4.71. The van der Waals surface area contributed by atoms with Gasteiger partial charge in [-0.15, -0.1) is 0 Å². The lowest BCUT2D eigenvalue weighted by atomic mass is 10.1. The van der Waals surface area contributed by atoms with E-state index in [1.165, 1.54) is 0 Å². The van der Waals surface area contributed by atoms with E-state index in [1.54, 1.807) is 4.68 Å². The minimum atomic E-state index is -0.111. The van der Waals surface area contributed by atoms with Crippen LogP contribution in [0.3, 0.4) is 0 Å². The summed E-state index contributed by atoms with van der Waals surface area (Å²) in [4.78, 5) is 0. The van der Waals surface area contributed by atoms with Crippen LogP contribution in [0.2, 0.25) is 5.15 Å². The van der Waals surface area contributed by atoms with E-state index < -0.39 is 0 Å². The van der Waals surface area contributed by atoms with E-state index in [0.29, 0.717) is 10.8 Å². The molecule has 0 bridgehead atoms. The fourth-order valence-electron chi connectivity index (χ4n) is 0.829. The largest absolute Gasteiger partial charge is 0.394 e. The normalized spacial score (nSPS) is 12.1. The van der Waals surface area contributed by atoms with Crippen LogP contribution in [0, 0.1) is 0 Å². The smallest absolute Gasteiger partial charge is 0.175 e. The molecular formula is C7H11BrClN3. The van der Waals surface area contributed by atoms with Gasteiger partial charge in [0.2, 0.25) is 0 Å². The summed E-state index contributed by atoms with van der Waals surface area (Å²) in [5.41, 5.74) is 6.02. The molecule has 0 aliphatic rings. The van der Waals surface area contributed by atoms with Crippen molar-refractivity contribution >= 4 is 33.2 Å². The number of rotatable bonds is 0. The minimum absolute atomic E-state index is 0.111. The zero-order valence-corrected chi connectivity index (χ0v) is 9.57. The molecule has 3 nitrogen and oxygen atoms in total. The van der Waals surface area contributed by atoms with Gasteiger partial charge in [-0.3, -0.25) is 0 Å². The Balaban J connectivity index is 3.28. The summed E-state index contributed by atoms with van der Waals surface area (Å²) in [7, 11) is 0. The summed E-state index contributed by atoms with van der Waals surface area (Å²) >= 11 is 9.08. The third kappa shape index (κ3) is 1.59. The number of nitrogen functional groups attached to an aromatic ring is 1. The highest BCUT2D eigenvalue weighted by molar-refractivity contribution is 9.10. The molecular weight excluding hydrogens is 241 g/mol. The molecule has 1 rings (SSSR count). The fraction of sp³-hybridized carbons (Fsp3) is 0.571. The molecule has 0 radical (unpaired) electrons. The van der Waals surface area contributed by atoms with Gasteiger partial charge in [-0.25, -0.2) is 4.68 Å². The molecule has 0 amide bonds. The third-order valence-electron chi connectivity index (χ3n) is 1.45. The SMILES string of the molecule is CC(C)(C)n1nc(Cl)c(N)c1Br. The molecule has 1 aromatic heterocycles. The van der Waals surface area contributed by atoms with Crippen molar-refractivity contribution in [2.24, 2.45) is 0 Å². The standard InChI is InChI=1S/C7H11BrClN3/c1-7(2,3)12-5(8)4(10)6(9)11-12/h10H2,1-3H3. The molecule has 0 saturated heterocycles. The second kappa shape index (κ2) is 2.92. The molecule has 0 unspecified atom stereocenters. The van der Waals surface area contributed by atoms with Crippen molar-refractivity contribution < 1.29 is 0 Å². The van der Waals surface area contributed by atoms with Crippen LogP contribution in [0.15, 0.2) is 4.60 Å². The summed E-state index contributed by atoms with van der Waals surface area (Å²) in [6.07, 6.45) is 0. The zero-order chi connectivity index (χ0) is 9.52. The van der Waals surface area contributed by atoms with Crippen LogP contribution in [-0.2, 0) is 5.54 Å². The minimum Gasteiger partial charge on any atom is -0.394 e. The molecule has 2 N–H and O–H groups in total. The quantitative estimate of drug-likeness (QED) is 0.771. The molecule has 0 fully saturated rings. The van der Waals surface area contributed by atoms with Gasteiger partial charge in [-0.1, -0.05) is 11.6 Å². The summed E-state index contributed by atoms with van der Waals surface area (Å²) in [5.74, 6) is 0. The second-order valence-electron chi connectivity index (χ2n) is 3.58. The molecule has 0 aliphatic heterocycles. The Hall–Kier alpha value is -0.220. The number of hydrogen-bond donors (Lipinski definition) is 1. The number of aromatic nitrogens is 2. The Bertz CT molecular complexity index is 300. The van der Waals surface area contributed by atoms with Crippen LogP contribution < -0.4 is 5.73 Å². The summed E-state index contributed by atoms with van der Waals surface area (Å²) < 4.78 is 2.49. The summed E-state index contributed by atoms with van der Waals surface area (Å²) in [6.45, 7) is 6.08. The first-order chi connectivity index (χ1) is 5.34. The van der Waals surface area contributed by atoms with Crippen LogP contribution >= 0.6 is 27.5 Å². The number of nitrogens with two attached hydrogens (primary N) is 1. The lowest BCUT2D eigenvalue weighted by molar-refractivity contribution is 0.349. The van der Waals surface area contributed by atoms with Crippen molar-refractivity contribution in [2.45, 2.75) is 26.3 Å². The Labute approximate surface area is 85.0 Å². The third-order valence-corrected chi connectivity index (χ3v) is 2.50. The lowest BCUT2D eigenvalue weighted by Gasteiger charge is -2.20. The van der Waals surface area contributed by atoms with Crippen molar-refractivity contribution in [2.75, 3.05) is 5.73 Å². The molecule has 0 spiro atoms. The lowest BCUT2D eigenvalue weighted by Crippen LogP contribution is -2.23. The Morgan fingerprint density at radius 1 is 1.50 bits per heavy atom.